The molecule has 0 bridgehead atoms. The molecule has 2 unspecified atom stereocenters. The highest BCUT2D eigenvalue weighted by Gasteiger charge is 2.32. The first kappa shape index (κ1) is 15.6. The van der Waals surface area contributed by atoms with E-state index >= 15 is 0 Å². The number of nitriles is 1. The molecule has 2 N–H and O–H groups in total. The smallest absolute Gasteiger partial charge is 0.416 e. The van der Waals surface area contributed by atoms with Gasteiger partial charge < -0.3 is 10.5 Å². The van der Waals surface area contributed by atoms with Gasteiger partial charge in [-0.05, 0) is 44.0 Å². The number of alkyl halides is 3. The summed E-state index contributed by atoms with van der Waals surface area (Å²) < 4.78 is 43.7. The summed E-state index contributed by atoms with van der Waals surface area (Å²) in [4.78, 5) is 0. The number of ether oxygens (including phenoxy) is 1. The van der Waals surface area contributed by atoms with Gasteiger partial charge in [-0.2, -0.15) is 18.4 Å². The molecule has 1 aromatic carbocycles. The Kier molecular flexibility index (Phi) is 4.73. The van der Waals surface area contributed by atoms with Crippen LogP contribution in [0.4, 0.5) is 13.2 Å². The molecule has 0 heterocycles. The number of benzene rings is 1. The fourth-order valence-electron chi connectivity index (χ4n) is 2.66. The van der Waals surface area contributed by atoms with Crippen LogP contribution in [-0.2, 0) is 6.18 Å². The van der Waals surface area contributed by atoms with Gasteiger partial charge in [-0.15, -0.1) is 0 Å². The van der Waals surface area contributed by atoms with E-state index in [9.17, 15) is 13.2 Å². The van der Waals surface area contributed by atoms with Crippen molar-refractivity contribution >= 4 is 0 Å². The summed E-state index contributed by atoms with van der Waals surface area (Å²) >= 11 is 0. The normalized spacial score (nSPS) is 22.6. The third-order valence-electron chi connectivity index (χ3n) is 3.85. The van der Waals surface area contributed by atoms with Crippen LogP contribution in [0.25, 0.3) is 0 Å². The SMILES string of the molecule is N#Cc1cc(C(F)(F)F)ccc1OC1CCCCC1CN. The van der Waals surface area contributed by atoms with Gasteiger partial charge in [-0.1, -0.05) is 6.42 Å². The van der Waals surface area contributed by atoms with Crippen molar-refractivity contribution in [1.29, 1.82) is 5.26 Å². The molecule has 2 rings (SSSR count). The van der Waals surface area contributed by atoms with Gasteiger partial charge in [-0.25, -0.2) is 0 Å². The molecule has 1 fully saturated rings. The molecular weight excluding hydrogens is 281 g/mol. The van der Waals surface area contributed by atoms with Crippen LogP contribution in [0.1, 0.15) is 36.8 Å². The van der Waals surface area contributed by atoms with Crippen molar-refractivity contribution in [2.45, 2.75) is 38.0 Å². The van der Waals surface area contributed by atoms with Crippen LogP contribution >= 0.6 is 0 Å². The molecule has 3 nitrogen and oxygen atoms in total. The fourth-order valence-corrected chi connectivity index (χ4v) is 2.66. The zero-order valence-corrected chi connectivity index (χ0v) is 11.5. The molecule has 114 valence electrons. The molecule has 21 heavy (non-hydrogen) atoms. The quantitative estimate of drug-likeness (QED) is 0.929. The highest BCUT2D eigenvalue weighted by atomic mass is 19.4. The Morgan fingerprint density at radius 1 is 1.29 bits per heavy atom. The fraction of sp³-hybridized carbons (Fsp3) is 0.533. The topological polar surface area (TPSA) is 59.0 Å². The summed E-state index contributed by atoms with van der Waals surface area (Å²) in [5, 5.41) is 9.04. The zero-order valence-electron chi connectivity index (χ0n) is 11.5. The molecule has 1 aromatic rings. The lowest BCUT2D eigenvalue weighted by molar-refractivity contribution is -0.137. The molecule has 2 atom stereocenters. The van der Waals surface area contributed by atoms with Crippen molar-refractivity contribution in [2.75, 3.05) is 6.54 Å². The van der Waals surface area contributed by atoms with Gasteiger partial charge in [0.05, 0.1) is 11.1 Å². The minimum absolute atomic E-state index is 0.0915. The van der Waals surface area contributed by atoms with Gasteiger partial charge in [0, 0.05) is 5.92 Å². The standard InChI is InChI=1S/C15H17F3N2O/c16-15(17,18)12-5-6-14(11(7-12)9-20)21-13-4-2-1-3-10(13)8-19/h5-7,10,13H,1-4,8,19H2. The Hall–Kier alpha value is -1.74. The number of nitrogens with two attached hydrogens (primary N) is 1. The van der Waals surface area contributed by atoms with Crippen LogP contribution in [0.3, 0.4) is 0 Å². The number of hydrogen-bond donors (Lipinski definition) is 1. The van der Waals surface area contributed by atoms with Crippen LogP contribution in [0.15, 0.2) is 18.2 Å². The highest BCUT2D eigenvalue weighted by molar-refractivity contribution is 5.46. The Balaban J connectivity index is 2.22. The summed E-state index contributed by atoms with van der Waals surface area (Å²) in [6, 6.07) is 4.77. The molecule has 1 saturated carbocycles. The monoisotopic (exact) mass is 298 g/mol. The lowest BCUT2D eigenvalue weighted by Gasteiger charge is -2.31. The van der Waals surface area contributed by atoms with E-state index in [4.69, 9.17) is 15.7 Å². The molecule has 0 amide bonds. The maximum absolute atomic E-state index is 12.6. The Bertz CT molecular complexity index is 537. The van der Waals surface area contributed by atoms with Crippen LogP contribution in [0, 0.1) is 17.2 Å². The van der Waals surface area contributed by atoms with Crippen LogP contribution in [0.2, 0.25) is 0 Å². The van der Waals surface area contributed by atoms with E-state index in [-0.39, 0.29) is 23.3 Å². The van der Waals surface area contributed by atoms with Crippen molar-refractivity contribution in [3.8, 4) is 11.8 Å². The number of rotatable bonds is 3. The summed E-state index contributed by atoms with van der Waals surface area (Å²) in [5.41, 5.74) is 4.77. The molecule has 0 aliphatic heterocycles. The highest BCUT2D eigenvalue weighted by Crippen LogP contribution is 2.34. The third kappa shape index (κ3) is 3.67. The molecule has 1 aliphatic rings. The second kappa shape index (κ2) is 6.35. The van der Waals surface area contributed by atoms with Gasteiger partial charge >= 0.3 is 6.18 Å². The average Bonchev–Trinajstić information content (AvgIpc) is 2.47. The molecule has 0 aromatic heterocycles. The Morgan fingerprint density at radius 2 is 2.00 bits per heavy atom. The van der Waals surface area contributed by atoms with E-state index < -0.39 is 11.7 Å². The lowest BCUT2D eigenvalue weighted by Crippen LogP contribution is -2.35. The van der Waals surface area contributed by atoms with E-state index in [2.05, 4.69) is 0 Å². The minimum atomic E-state index is -4.46. The molecule has 6 heteroatoms. The Labute approximate surface area is 121 Å². The maximum atomic E-state index is 12.6. The molecule has 1 aliphatic carbocycles. The number of nitrogens with zero attached hydrogens (tertiary/aromatic N) is 1. The van der Waals surface area contributed by atoms with Crippen LogP contribution in [-0.4, -0.2) is 12.6 Å². The van der Waals surface area contributed by atoms with E-state index in [1.165, 1.54) is 6.07 Å². The van der Waals surface area contributed by atoms with Gasteiger partial charge in [0.25, 0.3) is 0 Å². The third-order valence-corrected chi connectivity index (χ3v) is 3.85. The second-order valence-corrected chi connectivity index (χ2v) is 5.26. The first-order valence-corrected chi connectivity index (χ1v) is 6.93. The summed E-state index contributed by atoms with van der Waals surface area (Å²) in [5.74, 6) is 0.392. The predicted molar refractivity (Wildman–Crippen MR) is 71.6 cm³/mol. The van der Waals surface area contributed by atoms with Crippen molar-refractivity contribution in [3.05, 3.63) is 29.3 Å². The largest absolute Gasteiger partial charge is 0.489 e. The first-order chi connectivity index (χ1) is 9.95. The van der Waals surface area contributed by atoms with Crippen molar-refractivity contribution in [1.82, 2.24) is 0 Å². The number of hydrogen-bond acceptors (Lipinski definition) is 3. The van der Waals surface area contributed by atoms with Crippen molar-refractivity contribution in [2.24, 2.45) is 11.7 Å². The summed E-state index contributed by atoms with van der Waals surface area (Å²) in [6.45, 7) is 0.479. The summed E-state index contributed by atoms with van der Waals surface area (Å²) in [6.07, 6.45) is -0.747. The average molecular weight is 298 g/mol. The minimum Gasteiger partial charge on any atom is -0.489 e. The van der Waals surface area contributed by atoms with Gasteiger partial charge in [-0.3, -0.25) is 0 Å². The van der Waals surface area contributed by atoms with Gasteiger partial charge in [0.15, 0.2) is 0 Å². The molecule has 0 saturated heterocycles. The predicted octanol–water partition coefficient (Wildman–Crippen LogP) is 3.47. The molecular formula is C15H17F3N2O. The van der Waals surface area contributed by atoms with E-state index in [0.29, 0.717) is 6.54 Å². The lowest BCUT2D eigenvalue weighted by atomic mass is 9.86. The summed E-state index contributed by atoms with van der Waals surface area (Å²) in [7, 11) is 0. The second-order valence-electron chi connectivity index (χ2n) is 5.26. The first-order valence-electron chi connectivity index (χ1n) is 6.93. The Morgan fingerprint density at radius 3 is 2.62 bits per heavy atom. The van der Waals surface area contributed by atoms with E-state index in [1.807, 2.05) is 0 Å². The zero-order chi connectivity index (χ0) is 15.5. The molecule has 0 spiro atoms. The van der Waals surface area contributed by atoms with Crippen molar-refractivity contribution < 1.29 is 17.9 Å². The van der Waals surface area contributed by atoms with E-state index in [1.54, 1.807) is 6.07 Å². The van der Waals surface area contributed by atoms with E-state index in [0.717, 1.165) is 37.8 Å². The molecule has 0 radical (unpaired) electrons. The van der Waals surface area contributed by atoms with Crippen LogP contribution < -0.4 is 10.5 Å². The van der Waals surface area contributed by atoms with Crippen molar-refractivity contribution in [3.63, 3.8) is 0 Å². The van der Waals surface area contributed by atoms with Crippen LogP contribution in [0.5, 0.6) is 5.75 Å². The van der Waals surface area contributed by atoms with Gasteiger partial charge in [0.2, 0.25) is 0 Å². The number of halogens is 3. The van der Waals surface area contributed by atoms with Gasteiger partial charge in [0.1, 0.15) is 17.9 Å². The maximum Gasteiger partial charge on any atom is 0.416 e.